The molecule has 1 amide bonds. The van der Waals surface area contributed by atoms with E-state index in [1.807, 2.05) is 24.3 Å². The van der Waals surface area contributed by atoms with Gasteiger partial charge in [-0.2, -0.15) is 0 Å². The summed E-state index contributed by atoms with van der Waals surface area (Å²) >= 11 is 0. The van der Waals surface area contributed by atoms with E-state index < -0.39 is 0 Å². The van der Waals surface area contributed by atoms with Crippen molar-refractivity contribution in [2.24, 2.45) is 5.92 Å². The fourth-order valence-electron chi connectivity index (χ4n) is 1.81. The lowest BCUT2D eigenvalue weighted by Gasteiger charge is -2.24. The second kappa shape index (κ2) is 4.84. The molecular weight excluding hydrogens is 202 g/mol. The van der Waals surface area contributed by atoms with Crippen LogP contribution in [0.4, 0.5) is 0 Å². The first-order chi connectivity index (χ1) is 7.81. The van der Waals surface area contributed by atoms with Gasteiger partial charge in [0.15, 0.2) is 0 Å². The maximum absolute atomic E-state index is 11.7. The normalized spacial score (nSPS) is 18.1. The summed E-state index contributed by atoms with van der Waals surface area (Å²) < 4.78 is 5.55. The first-order valence-corrected chi connectivity index (χ1v) is 5.40. The number of carbonyl (C=O) groups is 1. The van der Waals surface area contributed by atoms with Crippen molar-refractivity contribution in [2.45, 2.75) is 6.42 Å². The van der Waals surface area contributed by atoms with Crippen LogP contribution in [0.2, 0.25) is 0 Å². The molecule has 3 nitrogen and oxygen atoms in total. The van der Waals surface area contributed by atoms with Crippen molar-refractivity contribution in [3.63, 3.8) is 0 Å². The first kappa shape index (κ1) is 10.7. The van der Waals surface area contributed by atoms with Gasteiger partial charge in [-0.15, -0.1) is 6.58 Å². The third-order valence-corrected chi connectivity index (χ3v) is 2.67. The van der Waals surface area contributed by atoms with Crippen LogP contribution in [0.1, 0.15) is 5.56 Å². The van der Waals surface area contributed by atoms with Gasteiger partial charge in [-0.1, -0.05) is 24.3 Å². The van der Waals surface area contributed by atoms with Crippen LogP contribution in [0.5, 0.6) is 5.75 Å². The number of benzene rings is 1. The molecule has 1 aromatic rings. The highest BCUT2D eigenvalue weighted by atomic mass is 16.5. The Labute approximate surface area is 95.1 Å². The first-order valence-electron chi connectivity index (χ1n) is 5.40. The Morgan fingerprint density at radius 1 is 1.56 bits per heavy atom. The van der Waals surface area contributed by atoms with Crippen molar-refractivity contribution >= 4 is 5.91 Å². The van der Waals surface area contributed by atoms with Gasteiger partial charge >= 0.3 is 0 Å². The summed E-state index contributed by atoms with van der Waals surface area (Å²) in [4.78, 5) is 11.7. The maximum Gasteiger partial charge on any atom is 0.227 e. The minimum atomic E-state index is -0.0881. The molecule has 0 spiro atoms. The molecular formula is C13H15NO2. The van der Waals surface area contributed by atoms with Gasteiger partial charge in [0.1, 0.15) is 12.4 Å². The molecule has 0 saturated heterocycles. The molecule has 0 aliphatic carbocycles. The van der Waals surface area contributed by atoms with Gasteiger partial charge < -0.3 is 10.1 Å². The Bertz CT molecular complexity index is 401. The van der Waals surface area contributed by atoms with E-state index in [4.69, 9.17) is 4.74 Å². The second-order valence-electron chi connectivity index (χ2n) is 3.85. The van der Waals surface area contributed by atoms with Gasteiger partial charge in [0.25, 0.3) is 0 Å². The Hall–Kier alpha value is -1.77. The number of nitrogens with one attached hydrogen (secondary N) is 1. The van der Waals surface area contributed by atoms with Crippen molar-refractivity contribution in [1.82, 2.24) is 5.32 Å². The van der Waals surface area contributed by atoms with Crippen LogP contribution in [-0.4, -0.2) is 19.1 Å². The molecule has 2 rings (SSSR count). The Morgan fingerprint density at radius 3 is 3.19 bits per heavy atom. The molecule has 1 heterocycles. The molecule has 0 fully saturated rings. The van der Waals surface area contributed by atoms with Crippen LogP contribution in [-0.2, 0) is 11.2 Å². The molecule has 16 heavy (non-hydrogen) atoms. The van der Waals surface area contributed by atoms with E-state index in [-0.39, 0.29) is 11.8 Å². The number of ether oxygens (including phenoxy) is 1. The van der Waals surface area contributed by atoms with Gasteiger partial charge in [0.05, 0.1) is 5.92 Å². The maximum atomic E-state index is 11.7. The largest absolute Gasteiger partial charge is 0.492 e. The fraction of sp³-hybridized carbons (Fsp3) is 0.308. The highest BCUT2D eigenvalue weighted by molar-refractivity contribution is 5.79. The van der Waals surface area contributed by atoms with E-state index >= 15 is 0 Å². The van der Waals surface area contributed by atoms with Crippen LogP contribution in [0.25, 0.3) is 0 Å². The molecule has 0 bridgehead atoms. The summed E-state index contributed by atoms with van der Waals surface area (Å²) in [7, 11) is 0. The minimum absolute atomic E-state index is 0.0365. The molecule has 84 valence electrons. The topological polar surface area (TPSA) is 38.3 Å². The SMILES string of the molecule is C=CCNC(=O)[C@H]1COc2ccccc2C1. The highest BCUT2D eigenvalue weighted by Gasteiger charge is 2.25. The second-order valence-corrected chi connectivity index (χ2v) is 3.85. The van der Waals surface area contributed by atoms with E-state index in [9.17, 15) is 4.79 Å². The van der Waals surface area contributed by atoms with E-state index in [2.05, 4.69) is 11.9 Å². The van der Waals surface area contributed by atoms with Crippen LogP contribution in [0.3, 0.4) is 0 Å². The van der Waals surface area contributed by atoms with Crippen molar-refractivity contribution < 1.29 is 9.53 Å². The molecule has 0 saturated carbocycles. The number of amides is 1. The van der Waals surface area contributed by atoms with Crippen molar-refractivity contribution in [3.05, 3.63) is 42.5 Å². The Balaban J connectivity index is 2.02. The monoisotopic (exact) mass is 217 g/mol. The predicted molar refractivity (Wildman–Crippen MR) is 62.3 cm³/mol. The van der Waals surface area contributed by atoms with Gasteiger partial charge in [-0.05, 0) is 18.1 Å². The summed E-state index contributed by atoms with van der Waals surface area (Å²) in [6, 6.07) is 7.85. The molecule has 0 unspecified atom stereocenters. The lowest BCUT2D eigenvalue weighted by atomic mass is 9.96. The fourth-order valence-corrected chi connectivity index (χ4v) is 1.81. The van der Waals surface area contributed by atoms with Crippen LogP contribution < -0.4 is 10.1 Å². The summed E-state index contributed by atoms with van der Waals surface area (Å²) in [5.41, 5.74) is 1.10. The molecule has 1 aromatic carbocycles. The zero-order chi connectivity index (χ0) is 11.4. The molecule has 1 N–H and O–H groups in total. The Kier molecular flexibility index (Phi) is 3.25. The lowest BCUT2D eigenvalue weighted by molar-refractivity contribution is -0.126. The quantitative estimate of drug-likeness (QED) is 0.780. The third kappa shape index (κ3) is 2.24. The van der Waals surface area contributed by atoms with Crippen molar-refractivity contribution in [3.8, 4) is 5.75 Å². The van der Waals surface area contributed by atoms with Crippen LogP contribution >= 0.6 is 0 Å². The summed E-state index contributed by atoms with van der Waals surface area (Å²) in [6.07, 6.45) is 2.43. The number of fused-ring (bicyclic) bond motifs is 1. The molecule has 1 atom stereocenters. The highest BCUT2D eigenvalue weighted by Crippen LogP contribution is 2.26. The minimum Gasteiger partial charge on any atom is -0.492 e. The summed E-state index contributed by atoms with van der Waals surface area (Å²) in [6.45, 7) is 4.54. The van der Waals surface area contributed by atoms with Gasteiger partial charge in [0.2, 0.25) is 5.91 Å². The van der Waals surface area contributed by atoms with Crippen LogP contribution in [0.15, 0.2) is 36.9 Å². The molecule has 3 heteroatoms. The van der Waals surface area contributed by atoms with E-state index in [0.29, 0.717) is 13.2 Å². The number of hydrogen-bond acceptors (Lipinski definition) is 2. The lowest BCUT2D eigenvalue weighted by Crippen LogP contribution is -2.37. The smallest absolute Gasteiger partial charge is 0.227 e. The third-order valence-electron chi connectivity index (χ3n) is 2.67. The number of carbonyl (C=O) groups excluding carboxylic acids is 1. The number of hydrogen-bond donors (Lipinski definition) is 1. The van der Waals surface area contributed by atoms with E-state index in [1.54, 1.807) is 6.08 Å². The van der Waals surface area contributed by atoms with Crippen molar-refractivity contribution in [2.75, 3.05) is 13.2 Å². The zero-order valence-electron chi connectivity index (χ0n) is 9.11. The standard InChI is InChI=1S/C13H15NO2/c1-2-7-14-13(15)11-8-10-5-3-4-6-12(10)16-9-11/h2-6,11H,1,7-9H2,(H,14,15)/t11-/m1/s1. The van der Waals surface area contributed by atoms with Crippen LogP contribution in [0, 0.1) is 5.92 Å². The molecule has 1 aliphatic rings. The molecule has 1 aliphatic heterocycles. The predicted octanol–water partition coefficient (Wildman–Crippen LogP) is 1.54. The van der Waals surface area contributed by atoms with Gasteiger partial charge in [-0.3, -0.25) is 4.79 Å². The summed E-state index contributed by atoms with van der Waals surface area (Å²) in [5.74, 6) is 0.847. The number of para-hydroxylation sites is 1. The zero-order valence-corrected chi connectivity index (χ0v) is 9.11. The van der Waals surface area contributed by atoms with E-state index in [1.165, 1.54) is 0 Å². The summed E-state index contributed by atoms with van der Waals surface area (Å²) in [5, 5.41) is 2.80. The van der Waals surface area contributed by atoms with Gasteiger partial charge in [0, 0.05) is 6.54 Å². The average molecular weight is 217 g/mol. The Morgan fingerprint density at radius 2 is 2.38 bits per heavy atom. The van der Waals surface area contributed by atoms with E-state index in [0.717, 1.165) is 17.7 Å². The molecule has 0 radical (unpaired) electrons. The van der Waals surface area contributed by atoms with Gasteiger partial charge in [-0.25, -0.2) is 0 Å². The average Bonchev–Trinajstić information content (AvgIpc) is 2.35. The molecule has 0 aromatic heterocycles. The number of rotatable bonds is 3. The van der Waals surface area contributed by atoms with Crippen molar-refractivity contribution in [1.29, 1.82) is 0 Å².